The van der Waals surface area contributed by atoms with Gasteiger partial charge in [-0.1, -0.05) is 24.3 Å². The average molecular weight is 354 g/mol. The second-order valence-corrected chi connectivity index (χ2v) is 6.16. The van der Waals surface area contributed by atoms with Crippen LogP contribution in [0.4, 0.5) is 8.78 Å². The van der Waals surface area contributed by atoms with Gasteiger partial charge in [-0.2, -0.15) is 0 Å². The topological polar surface area (TPSA) is 25.4 Å². The lowest BCUT2D eigenvalue weighted by molar-refractivity contribution is 0.249. The molecule has 0 radical (unpaired) electrons. The van der Waals surface area contributed by atoms with E-state index < -0.39 is 11.6 Å². The number of halogens is 2. The summed E-state index contributed by atoms with van der Waals surface area (Å²) < 4.78 is 32.6. The number of aromatic nitrogens is 1. The molecule has 26 heavy (non-hydrogen) atoms. The Hall–Kier alpha value is -2.79. The molecule has 1 heterocycles. The van der Waals surface area contributed by atoms with Crippen LogP contribution in [0.3, 0.4) is 0 Å². The fraction of sp³-hybridized carbons (Fsp3) is 0.190. The van der Waals surface area contributed by atoms with E-state index in [1.165, 1.54) is 6.07 Å². The SMILES string of the molecule is CC(c1ccc(F)c(F)c1)N(C)Cc1ccccc1Oc1cccnc1. The molecule has 0 aliphatic heterocycles. The highest BCUT2D eigenvalue weighted by atomic mass is 19.2. The molecule has 0 aliphatic carbocycles. The molecule has 2 aromatic carbocycles. The Morgan fingerprint density at radius 2 is 1.85 bits per heavy atom. The molecule has 1 unspecified atom stereocenters. The quantitative estimate of drug-likeness (QED) is 0.597. The fourth-order valence-corrected chi connectivity index (χ4v) is 2.70. The summed E-state index contributed by atoms with van der Waals surface area (Å²) in [5, 5.41) is 0. The minimum Gasteiger partial charge on any atom is -0.455 e. The highest BCUT2D eigenvalue weighted by Crippen LogP contribution is 2.28. The Bertz CT molecular complexity index is 871. The molecule has 3 nitrogen and oxygen atoms in total. The van der Waals surface area contributed by atoms with Crippen molar-refractivity contribution in [3.63, 3.8) is 0 Å². The molecular formula is C21H20F2N2O. The monoisotopic (exact) mass is 354 g/mol. The number of hydrogen-bond acceptors (Lipinski definition) is 3. The highest BCUT2D eigenvalue weighted by molar-refractivity contribution is 5.37. The van der Waals surface area contributed by atoms with Crippen LogP contribution in [0, 0.1) is 11.6 Å². The summed E-state index contributed by atoms with van der Waals surface area (Å²) in [5.41, 5.74) is 1.71. The number of rotatable bonds is 6. The zero-order chi connectivity index (χ0) is 18.5. The van der Waals surface area contributed by atoms with E-state index in [4.69, 9.17) is 4.74 Å². The van der Waals surface area contributed by atoms with Gasteiger partial charge in [0.1, 0.15) is 11.5 Å². The lowest BCUT2D eigenvalue weighted by Gasteiger charge is -2.26. The Morgan fingerprint density at radius 3 is 2.58 bits per heavy atom. The third kappa shape index (κ3) is 4.24. The molecule has 0 fully saturated rings. The molecule has 1 atom stereocenters. The van der Waals surface area contributed by atoms with Gasteiger partial charge in [0.2, 0.25) is 0 Å². The molecule has 0 saturated heterocycles. The number of benzene rings is 2. The minimum absolute atomic E-state index is 0.0865. The molecule has 0 N–H and O–H groups in total. The van der Waals surface area contributed by atoms with E-state index in [9.17, 15) is 8.78 Å². The largest absolute Gasteiger partial charge is 0.455 e. The highest BCUT2D eigenvalue weighted by Gasteiger charge is 2.16. The second kappa shape index (κ2) is 8.06. The normalized spacial score (nSPS) is 12.2. The molecule has 0 saturated carbocycles. The van der Waals surface area contributed by atoms with Crippen LogP contribution >= 0.6 is 0 Å². The number of ether oxygens (including phenoxy) is 1. The molecule has 0 bridgehead atoms. The minimum atomic E-state index is -0.834. The van der Waals surface area contributed by atoms with Crippen molar-refractivity contribution < 1.29 is 13.5 Å². The Labute approximate surface area is 151 Å². The fourth-order valence-electron chi connectivity index (χ4n) is 2.70. The summed E-state index contributed by atoms with van der Waals surface area (Å²) in [6, 6.07) is 15.3. The van der Waals surface area contributed by atoms with Gasteiger partial charge in [0.15, 0.2) is 11.6 Å². The van der Waals surface area contributed by atoms with Gasteiger partial charge in [0.05, 0.1) is 6.20 Å². The summed E-state index contributed by atoms with van der Waals surface area (Å²) in [4.78, 5) is 6.11. The van der Waals surface area contributed by atoms with Crippen LogP contribution in [0.25, 0.3) is 0 Å². The molecule has 3 rings (SSSR count). The van der Waals surface area contributed by atoms with Crippen LogP contribution < -0.4 is 4.74 Å². The average Bonchev–Trinajstić information content (AvgIpc) is 2.66. The predicted octanol–water partition coefficient (Wildman–Crippen LogP) is 5.35. The van der Waals surface area contributed by atoms with Crippen LogP contribution in [0.5, 0.6) is 11.5 Å². The van der Waals surface area contributed by atoms with E-state index in [2.05, 4.69) is 9.88 Å². The maximum Gasteiger partial charge on any atom is 0.159 e. The van der Waals surface area contributed by atoms with Crippen LogP contribution in [0.2, 0.25) is 0 Å². The summed E-state index contributed by atoms with van der Waals surface area (Å²) >= 11 is 0. The molecule has 0 amide bonds. The molecule has 134 valence electrons. The standard InChI is InChI=1S/C21H20F2N2O/c1-15(16-9-10-19(22)20(23)12-16)25(2)14-17-6-3-4-8-21(17)26-18-7-5-11-24-13-18/h3-13,15H,14H2,1-2H3. The van der Waals surface area contributed by atoms with Gasteiger partial charge in [-0.3, -0.25) is 9.88 Å². The Morgan fingerprint density at radius 1 is 1.04 bits per heavy atom. The van der Waals surface area contributed by atoms with Crippen molar-refractivity contribution in [2.45, 2.75) is 19.5 Å². The van der Waals surface area contributed by atoms with Gasteiger partial charge in [-0.15, -0.1) is 0 Å². The maximum atomic E-state index is 13.5. The molecule has 3 aromatic rings. The summed E-state index contributed by atoms with van der Waals surface area (Å²) in [6.45, 7) is 2.55. The van der Waals surface area contributed by atoms with E-state index in [0.717, 1.165) is 22.9 Å². The van der Waals surface area contributed by atoms with Gasteiger partial charge in [-0.05, 0) is 49.9 Å². The van der Waals surface area contributed by atoms with Gasteiger partial charge < -0.3 is 4.74 Å². The first-order valence-electron chi connectivity index (χ1n) is 8.35. The van der Waals surface area contributed by atoms with Gasteiger partial charge in [-0.25, -0.2) is 8.78 Å². The zero-order valence-electron chi connectivity index (χ0n) is 14.7. The zero-order valence-corrected chi connectivity index (χ0v) is 14.7. The van der Waals surface area contributed by atoms with Crippen molar-refractivity contribution in [3.8, 4) is 11.5 Å². The lowest BCUT2D eigenvalue weighted by atomic mass is 10.1. The van der Waals surface area contributed by atoms with Crippen LogP contribution in [-0.2, 0) is 6.54 Å². The Balaban J connectivity index is 1.76. The maximum absolute atomic E-state index is 13.5. The third-order valence-corrected chi connectivity index (χ3v) is 4.34. The molecular weight excluding hydrogens is 334 g/mol. The van der Waals surface area contributed by atoms with Crippen LogP contribution in [0.1, 0.15) is 24.1 Å². The number of para-hydroxylation sites is 1. The van der Waals surface area contributed by atoms with E-state index >= 15 is 0 Å². The van der Waals surface area contributed by atoms with Gasteiger partial charge >= 0.3 is 0 Å². The van der Waals surface area contributed by atoms with Crippen molar-refractivity contribution in [1.29, 1.82) is 0 Å². The molecule has 1 aromatic heterocycles. The van der Waals surface area contributed by atoms with E-state index in [1.54, 1.807) is 18.5 Å². The summed E-state index contributed by atoms with van der Waals surface area (Å²) in [7, 11) is 1.94. The van der Waals surface area contributed by atoms with Crippen LogP contribution in [-0.4, -0.2) is 16.9 Å². The van der Waals surface area contributed by atoms with Crippen molar-refractivity contribution in [1.82, 2.24) is 9.88 Å². The van der Waals surface area contributed by atoms with Crippen molar-refractivity contribution in [2.75, 3.05) is 7.05 Å². The third-order valence-electron chi connectivity index (χ3n) is 4.34. The molecule has 0 aliphatic rings. The first-order valence-corrected chi connectivity index (χ1v) is 8.35. The van der Waals surface area contributed by atoms with E-state index in [1.807, 2.05) is 50.4 Å². The second-order valence-electron chi connectivity index (χ2n) is 6.16. The summed E-state index contributed by atoms with van der Waals surface area (Å²) in [6.07, 6.45) is 3.35. The number of pyridine rings is 1. The van der Waals surface area contributed by atoms with E-state index in [-0.39, 0.29) is 6.04 Å². The van der Waals surface area contributed by atoms with Gasteiger partial charge in [0.25, 0.3) is 0 Å². The Kier molecular flexibility index (Phi) is 5.58. The summed E-state index contributed by atoms with van der Waals surface area (Å²) in [5.74, 6) is -0.261. The van der Waals surface area contributed by atoms with E-state index in [0.29, 0.717) is 12.3 Å². The first kappa shape index (κ1) is 18.0. The molecule has 0 spiro atoms. The van der Waals surface area contributed by atoms with Crippen LogP contribution in [0.15, 0.2) is 67.0 Å². The molecule has 5 heteroatoms. The van der Waals surface area contributed by atoms with Crippen molar-refractivity contribution >= 4 is 0 Å². The smallest absolute Gasteiger partial charge is 0.159 e. The van der Waals surface area contributed by atoms with Crippen molar-refractivity contribution in [2.24, 2.45) is 0 Å². The predicted molar refractivity (Wildman–Crippen MR) is 97.0 cm³/mol. The number of nitrogens with zero attached hydrogens (tertiary/aromatic N) is 2. The van der Waals surface area contributed by atoms with Crippen molar-refractivity contribution in [3.05, 3.63) is 89.8 Å². The lowest BCUT2D eigenvalue weighted by Crippen LogP contribution is -2.22. The van der Waals surface area contributed by atoms with Gasteiger partial charge in [0, 0.05) is 24.3 Å². The number of hydrogen-bond donors (Lipinski definition) is 0. The first-order chi connectivity index (χ1) is 12.5.